The molecule has 0 saturated carbocycles. The summed E-state index contributed by atoms with van der Waals surface area (Å²) >= 11 is 0. The molecule has 0 radical (unpaired) electrons. The first-order chi connectivity index (χ1) is 8.34. The lowest BCUT2D eigenvalue weighted by Crippen LogP contribution is -2.33. The summed E-state index contributed by atoms with van der Waals surface area (Å²) in [6.07, 6.45) is -2.19. The summed E-state index contributed by atoms with van der Waals surface area (Å²) in [6.45, 7) is 5.64. The van der Waals surface area contributed by atoms with E-state index in [9.17, 15) is 10.2 Å². The SMILES string of the molecule is CC(C)(C)c1cn([C@@H]2O[C@H](CO)[C@@H](O)[C@H]2O)nn1. The second kappa shape index (κ2) is 4.58. The minimum atomic E-state index is -1.13. The molecule has 1 aromatic rings. The van der Waals surface area contributed by atoms with Crippen LogP contribution in [0.1, 0.15) is 32.7 Å². The van der Waals surface area contributed by atoms with Crippen molar-refractivity contribution in [1.29, 1.82) is 0 Å². The van der Waals surface area contributed by atoms with Gasteiger partial charge in [-0.1, -0.05) is 26.0 Å². The zero-order chi connectivity index (χ0) is 13.5. The number of hydrogen-bond donors (Lipinski definition) is 3. The van der Waals surface area contributed by atoms with E-state index < -0.39 is 24.5 Å². The number of aliphatic hydroxyl groups excluding tert-OH is 3. The first-order valence-electron chi connectivity index (χ1n) is 5.89. The quantitative estimate of drug-likeness (QED) is 0.640. The van der Waals surface area contributed by atoms with Gasteiger partial charge in [0, 0.05) is 5.41 Å². The van der Waals surface area contributed by atoms with Gasteiger partial charge in [-0.3, -0.25) is 0 Å². The first-order valence-corrected chi connectivity index (χ1v) is 5.89. The summed E-state index contributed by atoms with van der Waals surface area (Å²) in [5, 5.41) is 36.4. The van der Waals surface area contributed by atoms with Crippen LogP contribution in [0.15, 0.2) is 6.20 Å². The van der Waals surface area contributed by atoms with Crippen LogP contribution in [-0.4, -0.2) is 55.2 Å². The van der Waals surface area contributed by atoms with Crippen LogP contribution < -0.4 is 0 Å². The average Bonchev–Trinajstić information content (AvgIpc) is 2.86. The summed E-state index contributed by atoms with van der Waals surface area (Å²) in [5.74, 6) is 0. The maximum atomic E-state index is 9.85. The van der Waals surface area contributed by atoms with Crippen molar-refractivity contribution >= 4 is 0 Å². The van der Waals surface area contributed by atoms with E-state index in [-0.39, 0.29) is 12.0 Å². The Balaban J connectivity index is 2.20. The summed E-state index contributed by atoms with van der Waals surface area (Å²) < 4.78 is 6.74. The predicted octanol–water partition coefficient (Wildman–Crippen LogP) is -0.813. The van der Waals surface area contributed by atoms with Gasteiger partial charge in [0.05, 0.1) is 18.5 Å². The average molecular weight is 257 g/mol. The summed E-state index contributed by atoms with van der Waals surface area (Å²) in [7, 11) is 0. The molecular formula is C11H19N3O4. The number of rotatable bonds is 2. The molecule has 1 aliphatic rings. The van der Waals surface area contributed by atoms with Crippen LogP contribution >= 0.6 is 0 Å². The van der Waals surface area contributed by atoms with Crippen LogP contribution in [0.5, 0.6) is 0 Å². The van der Waals surface area contributed by atoms with Gasteiger partial charge in [-0.2, -0.15) is 0 Å². The normalized spacial score (nSPS) is 33.0. The van der Waals surface area contributed by atoms with Gasteiger partial charge in [0.25, 0.3) is 0 Å². The van der Waals surface area contributed by atoms with Crippen molar-refractivity contribution in [3.05, 3.63) is 11.9 Å². The molecule has 1 saturated heterocycles. The highest BCUT2D eigenvalue weighted by molar-refractivity contribution is 5.07. The van der Waals surface area contributed by atoms with Crippen LogP contribution in [0.2, 0.25) is 0 Å². The largest absolute Gasteiger partial charge is 0.394 e. The van der Waals surface area contributed by atoms with E-state index in [2.05, 4.69) is 10.3 Å². The van der Waals surface area contributed by atoms with Crippen molar-refractivity contribution < 1.29 is 20.1 Å². The van der Waals surface area contributed by atoms with Gasteiger partial charge in [0.2, 0.25) is 0 Å². The van der Waals surface area contributed by atoms with Gasteiger partial charge in [0.15, 0.2) is 6.23 Å². The van der Waals surface area contributed by atoms with Crippen molar-refractivity contribution in [3.8, 4) is 0 Å². The predicted molar refractivity (Wildman–Crippen MR) is 61.7 cm³/mol. The monoisotopic (exact) mass is 257 g/mol. The number of aromatic nitrogens is 3. The second-order valence-corrected chi connectivity index (χ2v) is 5.56. The fourth-order valence-corrected chi connectivity index (χ4v) is 1.84. The maximum absolute atomic E-state index is 9.85. The molecule has 0 aromatic carbocycles. The second-order valence-electron chi connectivity index (χ2n) is 5.56. The van der Waals surface area contributed by atoms with Crippen molar-refractivity contribution in [3.63, 3.8) is 0 Å². The van der Waals surface area contributed by atoms with E-state index >= 15 is 0 Å². The van der Waals surface area contributed by atoms with Crippen LogP contribution in [0.25, 0.3) is 0 Å². The molecule has 7 heteroatoms. The number of hydrogen-bond acceptors (Lipinski definition) is 6. The lowest BCUT2D eigenvalue weighted by molar-refractivity contribution is -0.0594. The molecule has 2 rings (SSSR count). The van der Waals surface area contributed by atoms with Crippen LogP contribution in [0.4, 0.5) is 0 Å². The fourth-order valence-electron chi connectivity index (χ4n) is 1.84. The lowest BCUT2D eigenvalue weighted by Gasteiger charge is -2.15. The highest BCUT2D eigenvalue weighted by Gasteiger charge is 2.44. The van der Waals surface area contributed by atoms with Crippen molar-refractivity contribution in [1.82, 2.24) is 15.0 Å². The van der Waals surface area contributed by atoms with Gasteiger partial charge in [0.1, 0.15) is 18.3 Å². The molecule has 0 bridgehead atoms. The summed E-state index contributed by atoms with van der Waals surface area (Å²) in [4.78, 5) is 0. The highest BCUT2D eigenvalue weighted by Crippen LogP contribution is 2.29. The molecule has 0 aliphatic carbocycles. The molecule has 1 fully saturated rings. The first kappa shape index (κ1) is 13.4. The van der Waals surface area contributed by atoms with Crippen LogP contribution in [0, 0.1) is 0 Å². The maximum Gasteiger partial charge on any atom is 0.180 e. The topological polar surface area (TPSA) is 101 Å². The third kappa shape index (κ3) is 2.26. The Morgan fingerprint density at radius 1 is 1.33 bits per heavy atom. The van der Waals surface area contributed by atoms with E-state index in [0.29, 0.717) is 0 Å². The van der Waals surface area contributed by atoms with E-state index in [1.54, 1.807) is 6.20 Å². The summed E-state index contributed by atoms with van der Waals surface area (Å²) in [5.41, 5.74) is 0.608. The minimum Gasteiger partial charge on any atom is -0.394 e. The third-order valence-corrected chi connectivity index (χ3v) is 3.06. The minimum absolute atomic E-state index is 0.156. The molecular weight excluding hydrogens is 238 g/mol. The molecule has 4 atom stereocenters. The van der Waals surface area contributed by atoms with Crippen molar-refractivity contribution in [2.75, 3.05) is 6.61 Å². The fraction of sp³-hybridized carbons (Fsp3) is 0.818. The molecule has 18 heavy (non-hydrogen) atoms. The Morgan fingerprint density at radius 2 is 2.00 bits per heavy atom. The van der Waals surface area contributed by atoms with E-state index in [1.165, 1.54) is 4.68 Å². The van der Waals surface area contributed by atoms with Crippen LogP contribution in [0.3, 0.4) is 0 Å². The Morgan fingerprint density at radius 3 is 2.44 bits per heavy atom. The van der Waals surface area contributed by atoms with E-state index in [1.807, 2.05) is 20.8 Å². The van der Waals surface area contributed by atoms with Gasteiger partial charge in [-0.25, -0.2) is 4.68 Å². The molecule has 0 unspecified atom stereocenters. The van der Waals surface area contributed by atoms with E-state index in [4.69, 9.17) is 9.84 Å². The third-order valence-electron chi connectivity index (χ3n) is 3.06. The Labute approximate surface area is 105 Å². The molecule has 2 heterocycles. The van der Waals surface area contributed by atoms with Gasteiger partial charge < -0.3 is 20.1 Å². The Bertz CT molecular complexity index is 415. The smallest absolute Gasteiger partial charge is 0.180 e. The molecule has 3 N–H and O–H groups in total. The van der Waals surface area contributed by atoms with Crippen LogP contribution in [-0.2, 0) is 10.2 Å². The lowest BCUT2D eigenvalue weighted by atomic mass is 9.93. The zero-order valence-corrected chi connectivity index (χ0v) is 10.7. The molecule has 1 aromatic heterocycles. The number of ether oxygens (including phenoxy) is 1. The molecule has 0 spiro atoms. The van der Waals surface area contributed by atoms with Gasteiger partial charge in [-0.15, -0.1) is 5.10 Å². The summed E-state index contributed by atoms with van der Waals surface area (Å²) in [6, 6.07) is 0. The van der Waals surface area contributed by atoms with Crippen molar-refractivity contribution in [2.24, 2.45) is 0 Å². The number of aliphatic hydroxyl groups is 3. The Kier molecular flexibility index (Phi) is 3.41. The standard InChI is InChI=1S/C11H19N3O4/c1-11(2,3)7-4-14(13-12-7)10-9(17)8(16)6(5-15)18-10/h4,6,8-10,15-17H,5H2,1-3H3/t6-,8-,9-,10-/m1/s1. The molecule has 1 aliphatic heterocycles. The Hall–Kier alpha value is -1.02. The zero-order valence-electron chi connectivity index (χ0n) is 10.7. The molecule has 102 valence electrons. The van der Waals surface area contributed by atoms with Crippen molar-refractivity contribution in [2.45, 2.75) is 50.7 Å². The number of nitrogens with zero attached hydrogens (tertiary/aromatic N) is 3. The van der Waals surface area contributed by atoms with Gasteiger partial charge >= 0.3 is 0 Å². The highest BCUT2D eigenvalue weighted by atomic mass is 16.6. The molecule has 7 nitrogen and oxygen atoms in total. The van der Waals surface area contributed by atoms with E-state index in [0.717, 1.165) is 5.69 Å². The molecule has 0 amide bonds. The van der Waals surface area contributed by atoms with Gasteiger partial charge in [-0.05, 0) is 0 Å².